The van der Waals surface area contributed by atoms with Crippen LogP contribution in [-0.2, 0) is 9.53 Å². The molecule has 3 heterocycles. The van der Waals surface area contributed by atoms with Crippen molar-refractivity contribution in [2.45, 2.75) is 31.7 Å². The molecule has 14 heteroatoms. The fraction of sp³-hybridized carbons (Fsp3) is 0.250. The predicted molar refractivity (Wildman–Crippen MR) is 156 cm³/mol. The molecule has 13 nitrogen and oxygen atoms in total. The number of hydrogen-bond acceptors (Lipinski definition) is 9. The van der Waals surface area contributed by atoms with Gasteiger partial charge in [-0.25, -0.2) is 9.78 Å². The minimum Gasteiger partial charge on any atom is -0.453 e. The molecular formula is C28H28ClN9O4. The molecule has 2 aromatic carbocycles. The number of halogens is 1. The number of anilines is 2. The summed E-state index contributed by atoms with van der Waals surface area (Å²) in [4.78, 5) is 44.8. The van der Waals surface area contributed by atoms with Crippen LogP contribution in [0.4, 0.5) is 16.2 Å². The molecule has 0 aliphatic carbocycles. The molecule has 0 unspecified atom stereocenters. The van der Waals surface area contributed by atoms with E-state index in [4.69, 9.17) is 21.3 Å². The maximum atomic E-state index is 13.1. The van der Waals surface area contributed by atoms with E-state index < -0.39 is 12.1 Å². The Morgan fingerprint density at radius 1 is 1.17 bits per heavy atom. The minimum absolute atomic E-state index is 0.278. The molecular weight excluding hydrogens is 562 g/mol. The van der Waals surface area contributed by atoms with Gasteiger partial charge in [-0.15, -0.1) is 5.10 Å². The summed E-state index contributed by atoms with van der Waals surface area (Å²) in [6.45, 7) is 0.672. The van der Waals surface area contributed by atoms with E-state index >= 15 is 0 Å². The summed E-state index contributed by atoms with van der Waals surface area (Å²) >= 11 is 6.20. The number of carbonyl (C=O) groups is 3. The summed E-state index contributed by atoms with van der Waals surface area (Å²) in [7, 11) is 1.29. The fourth-order valence-corrected chi connectivity index (χ4v) is 4.86. The number of aldehydes is 1. The zero-order chi connectivity index (χ0) is 29.5. The molecule has 2 bridgehead atoms. The molecule has 0 spiro atoms. The van der Waals surface area contributed by atoms with Crippen molar-refractivity contribution < 1.29 is 19.1 Å². The number of nitrogens with one attached hydrogen (secondary N) is 4. The lowest BCUT2D eigenvalue weighted by molar-refractivity contribution is -0.117. The monoisotopic (exact) mass is 589 g/mol. The number of rotatable bonds is 6. The normalized spacial score (nSPS) is 15.0. The van der Waals surface area contributed by atoms with E-state index in [0.29, 0.717) is 64.0 Å². The number of H-pyrrole nitrogens is 1. The van der Waals surface area contributed by atoms with Crippen molar-refractivity contribution >= 4 is 47.3 Å². The van der Waals surface area contributed by atoms with Gasteiger partial charge < -0.3 is 20.4 Å². The summed E-state index contributed by atoms with van der Waals surface area (Å²) in [5, 5.41) is 20.8. The number of carbonyl (C=O) groups excluding carboxylic acids is 3. The lowest BCUT2D eigenvalue weighted by Crippen LogP contribution is -2.28. The van der Waals surface area contributed by atoms with Gasteiger partial charge in [-0.1, -0.05) is 24.4 Å². The first-order valence-electron chi connectivity index (χ1n) is 13.2. The third-order valence-electron chi connectivity index (χ3n) is 6.71. The van der Waals surface area contributed by atoms with E-state index in [1.807, 2.05) is 0 Å². The number of benzene rings is 2. The molecule has 1 aliphatic rings. The smallest absolute Gasteiger partial charge is 0.411 e. The molecule has 0 radical (unpaired) electrons. The van der Waals surface area contributed by atoms with Crippen LogP contribution in [0.3, 0.4) is 0 Å². The zero-order valence-electron chi connectivity index (χ0n) is 22.6. The largest absolute Gasteiger partial charge is 0.453 e. The van der Waals surface area contributed by atoms with Crippen LogP contribution in [0.5, 0.6) is 0 Å². The second kappa shape index (κ2) is 13.1. The van der Waals surface area contributed by atoms with Crippen LogP contribution < -0.4 is 16.0 Å². The van der Waals surface area contributed by atoms with E-state index in [9.17, 15) is 14.4 Å². The molecule has 5 rings (SSSR count). The van der Waals surface area contributed by atoms with Crippen molar-refractivity contribution in [1.29, 1.82) is 0 Å². The lowest BCUT2D eigenvalue weighted by Gasteiger charge is -2.17. The van der Waals surface area contributed by atoms with Crippen LogP contribution in [0.25, 0.3) is 23.0 Å². The van der Waals surface area contributed by atoms with Crippen molar-refractivity contribution in [2.24, 2.45) is 0 Å². The number of aromatic amines is 1. The van der Waals surface area contributed by atoms with Crippen molar-refractivity contribution in [3.63, 3.8) is 0 Å². The predicted octanol–water partition coefficient (Wildman–Crippen LogP) is 4.55. The summed E-state index contributed by atoms with van der Waals surface area (Å²) in [5.41, 5.74) is 3.93. The van der Waals surface area contributed by atoms with E-state index in [1.165, 1.54) is 24.2 Å². The second-order valence-corrected chi connectivity index (χ2v) is 9.94. The molecule has 4 N–H and O–H groups in total. The Morgan fingerprint density at radius 3 is 2.83 bits per heavy atom. The summed E-state index contributed by atoms with van der Waals surface area (Å²) in [6, 6.07) is 9.96. The average Bonchev–Trinajstić information content (AvgIpc) is 3.67. The highest BCUT2D eigenvalue weighted by Crippen LogP contribution is 2.33. The van der Waals surface area contributed by atoms with Crippen LogP contribution in [0, 0.1) is 0 Å². The number of amides is 2. The molecule has 216 valence electrons. The molecule has 0 saturated carbocycles. The van der Waals surface area contributed by atoms with Crippen LogP contribution >= 0.6 is 11.6 Å². The highest BCUT2D eigenvalue weighted by molar-refractivity contribution is 6.30. The highest BCUT2D eigenvalue weighted by atomic mass is 35.5. The Morgan fingerprint density at radius 2 is 2.05 bits per heavy atom. The van der Waals surface area contributed by atoms with Gasteiger partial charge in [0.2, 0.25) is 5.91 Å². The number of fused-ring (bicyclic) bond motifs is 4. The van der Waals surface area contributed by atoms with E-state index in [-0.39, 0.29) is 11.6 Å². The topological polar surface area (TPSA) is 169 Å². The first kappa shape index (κ1) is 28.5. The first-order chi connectivity index (χ1) is 20.4. The van der Waals surface area contributed by atoms with Crippen molar-refractivity contribution in [3.05, 3.63) is 70.9 Å². The molecule has 0 fully saturated rings. The number of imidazole rings is 1. The minimum atomic E-state index is -0.589. The number of nitrogens with zero attached hydrogens (tertiary/aromatic N) is 5. The van der Waals surface area contributed by atoms with Gasteiger partial charge in [0.25, 0.3) is 0 Å². The molecule has 2 amide bonds. The van der Waals surface area contributed by atoms with E-state index in [0.717, 1.165) is 19.3 Å². The Labute approximate surface area is 245 Å². The molecule has 1 atom stereocenters. The summed E-state index contributed by atoms with van der Waals surface area (Å²) < 4.78 is 6.17. The molecule has 42 heavy (non-hydrogen) atoms. The molecule has 0 saturated heterocycles. The number of hydrogen-bond donors (Lipinski definition) is 4. The fourth-order valence-electron chi connectivity index (χ4n) is 4.68. The van der Waals surface area contributed by atoms with Crippen molar-refractivity contribution in [3.8, 4) is 16.9 Å². The SMILES string of the molecule is COC(=O)Nc1ccc2c(c1)NCCCCC[C@H](NC(=O)/C=C/c1cc(Cl)ccc1-n1cnnn1)c1nc-2c(C=O)[nH]1. The lowest BCUT2D eigenvalue weighted by atomic mass is 10.0. The Balaban J connectivity index is 1.42. The van der Waals surface area contributed by atoms with Crippen molar-refractivity contribution in [1.82, 2.24) is 35.5 Å². The highest BCUT2D eigenvalue weighted by Gasteiger charge is 2.23. The van der Waals surface area contributed by atoms with Gasteiger partial charge in [0.05, 0.1) is 18.8 Å². The van der Waals surface area contributed by atoms with Crippen LogP contribution in [0.2, 0.25) is 5.02 Å². The van der Waals surface area contributed by atoms with Gasteiger partial charge in [-0.3, -0.25) is 14.9 Å². The number of tetrazole rings is 1. The molecule has 4 aromatic rings. The number of ether oxygens (including phenoxy) is 1. The van der Waals surface area contributed by atoms with E-state index in [2.05, 4.69) is 36.5 Å². The number of methoxy groups -OCH3 is 1. The van der Waals surface area contributed by atoms with Gasteiger partial charge in [0, 0.05) is 40.1 Å². The molecule has 1 aliphatic heterocycles. The maximum absolute atomic E-state index is 13.1. The first-order valence-corrected chi connectivity index (χ1v) is 13.6. The van der Waals surface area contributed by atoms with E-state index in [1.54, 1.807) is 42.5 Å². The van der Waals surface area contributed by atoms with Gasteiger partial charge in [-0.05, 0) is 65.7 Å². The number of aromatic nitrogens is 6. The maximum Gasteiger partial charge on any atom is 0.411 e. The summed E-state index contributed by atoms with van der Waals surface area (Å²) in [6.07, 6.45) is 7.83. The Kier molecular flexibility index (Phi) is 8.87. The zero-order valence-corrected chi connectivity index (χ0v) is 23.4. The molecule has 2 aromatic heterocycles. The van der Waals surface area contributed by atoms with Gasteiger partial charge >= 0.3 is 6.09 Å². The summed E-state index contributed by atoms with van der Waals surface area (Å²) in [5.74, 6) is 0.121. The van der Waals surface area contributed by atoms with Gasteiger partial charge in [0.1, 0.15) is 23.5 Å². The van der Waals surface area contributed by atoms with Gasteiger partial charge in [-0.2, -0.15) is 4.68 Å². The van der Waals surface area contributed by atoms with Crippen molar-refractivity contribution in [2.75, 3.05) is 24.3 Å². The second-order valence-electron chi connectivity index (χ2n) is 9.51. The van der Waals surface area contributed by atoms with Gasteiger partial charge in [0.15, 0.2) is 6.29 Å². The Hall–Kier alpha value is -5.04. The quantitative estimate of drug-likeness (QED) is 0.186. The van der Waals surface area contributed by atoms with Crippen LogP contribution in [0.15, 0.2) is 48.8 Å². The standard InChI is InChI=1S/C28H28ClN9O4/c1-42-28(41)32-19-8-9-20-22(14-19)30-12-4-2-3-5-21(27-34-23(15-39)26(20)35-27)33-25(40)11-6-17-13-18(29)7-10-24(17)38-16-31-36-37-38/h6-11,13-16,21,30H,2-5,12H2,1H3,(H,32,41)(H,33,40)(H,34,35)/b11-6+/t21-/m0/s1. The van der Waals surface area contributed by atoms with Crippen LogP contribution in [-0.4, -0.2) is 62.1 Å². The Bertz CT molecular complexity index is 1620. The van der Waals surface area contributed by atoms with Crippen LogP contribution in [0.1, 0.15) is 53.6 Å². The average molecular weight is 590 g/mol. The third kappa shape index (κ3) is 6.63. The third-order valence-corrected chi connectivity index (χ3v) is 6.94.